The maximum absolute atomic E-state index is 12.6. The lowest BCUT2D eigenvalue weighted by Crippen LogP contribution is -2.38. The minimum absolute atomic E-state index is 0.162. The molecule has 0 bridgehead atoms. The third kappa shape index (κ3) is 6.99. The molecule has 5 heteroatoms. The Morgan fingerprint density at radius 2 is 1.88 bits per heavy atom. The average molecular weight is 334 g/mol. The first-order chi connectivity index (χ1) is 11.8. The number of benzene rings is 1. The minimum atomic E-state index is 0.162. The topological polar surface area (TPSA) is 42.0 Å². The van der Waals surface area contributed by atoms with E-state index >= 15 is 0 Å². The maximum atomic E-state index is 12.6. The molecule has 0 atom stereocenters. The van der Waals surface area contributed by atoms with E-state index in [4.69, 9.17) is 9.47 Å². The zero-order valence-electron chi connectivity index (χ0n) is 14.8. The van der Waals surface area contributed by atoms with Gasteiger partial charge in [-0.1, -0.05) is 30.3 Å². The Labute approximate surface area is 145 Å². The summed E-state index contributed by atoms with van der Waals surface area (Å²) in [7, 11) is 1.65. The highest BCUT2D eigenvalue weighted by molar-refractivity contribution is 5.76. The van der Waals surface area contributed by atoms with Gasteiger partial charge in [0.1, 0.15) is 0 Å². The summed E-state index contributed by atoms with van der Waals surface area (Å²) in [6.07, 6.45) is 2.98. The fraction of sp³-hybridized carbons (Fsp3) is 0.632. The van der Waals surface area contributed by atoms with Crippen molar-refractivity contribution in [2.45, 2.75) is 25.8 Å². The van der Waals surface area contributed by atoms with E-state index in [0.717, 1.165) is 26.2 Å². The second-order valence-corrected chi connectivity index (χ2v) is 6.20. The maximum Gasteiger partial charge on any atom is 0.225 e. The van der Waals surface area contributed by atoms with E-state index in [1.165, 1.54) is 18.4 Å². The summed E-state index contributed by atoms with van der Waals surface area (Å²) in [5.41, 5.74) is 1.17. The number of hydrogen-bond acceptors (Lipinski definition) is 4. The molecular weight excluding hydrogens is 304 g/mol. The molecule has 0 spiro atoms. The lowest BCUT2D eigenvalue weighted by Gasteiger charge is -2.26. The van der Waals surface area contributed by atoms with Gasteiger partial charge in [0.2, 0.25) is 5.91 Å². The minimum Gasteiger partial charge on any atom is -0.382 e. The number of carbonyl (C=O) groups is 1. The third-order valence-electron chi connectivity index (χ3n) is 4.35. The number of rotatable bonds is 11. The van der Waals surface area contributed by atoms with Crippen LogP contribution in [0.3, 0.4) is 0 Å². The van der Waals surface area contributed by atoms with Gasteiger partial charge in [0, 0.05) is 26.7 Å². The van der Waals surface area contributed by atoms with Gasteiger partial charge in [-0.15, -0.1) is 0 Å². The molecule has 1 aliphatic heterocycles. The van der Waals surface area contributed by atoms with Crippen molar-refractivity contribution < 1.29 is 14.3 Å². The molecule has 0 N–H and O–H groups in total. The Hall–Kier alpha value is -1.43. The lowest BCUT2D eigenvalue weighted by molar-refractivity contribution is -0.133. The van der Waals surface area contributed by atoms with Crippen molar-refractivity contribution in [3.8, 4) is 0 Å². The molecule has 0 radical (unpaired) electrons. The number of likely N-dealkylation sites (tertiary alicyclic amines) is 1. The fourth-order valence-electron chi connectivity index (χ4n) is 2.93. The number of amides is 1. The molecule has 1 aromatic carbocycles. The molecule has 134 valence electrons. The van der Waals surface area contributed by atoms with Crippen molar-refractivity contribution in [2.24, 2.45) is 0 Å². The highest BCUT2D eigenvalue weighted by Crippen LogP contribution is 2.10. The Balaban J connectivity index is 1.82. The van der Waals surface area contributed by atoms with Crippen LogP contribution in [-0.2, 0) is 20.8 Å². The highest BCUT2D eigenvalue weighted by Gasteiger charge is 2.17. The second kappa shape index (κ2) is 11.2. The van der Waals surface area contributed by atoms with Crippen molar-refractivity contribution >= 4 is 5.91 Å². The van der Waals surface area contributed by atoms with Crippen LogP contribution in [-0.4, -0.2) is 68.8 Å². The molecule has 1 amide bonds. The first-order valence-electron chi connectivity index (χ1n) is 8.90. The molecule has 1 heterocycles. The van der Waals surface area contributed by atoms with E-state index in [1.807, 2.05) is 23.1 Å². The smallest absolute Gasteiger partial charge is 0.225 e. The standard InChI is InChI=1S/C19H30N2O3/c1-23-15-16-24-14-9-19(22)21(13-12-20-10-5-6-11-20)17-18-7-3-2-4-8-18/h2-4,7-8H,5-6,9-17H2,1H3. The van der Waals surface area contributed by atoms with Crippen LogP contribution < -0.4 is 0 Å². The summed E-state index contributed by atoms with van der Waals surface area (Å²) in [6, 6.07) is 10.2. The number of carbonyl (C=O) groups excluding carboxylic acids is 1. The van der Waals surface area contributed by atoms with Gasteiger partial charge < -0.3 is 19.3 Å². The predicted molar refractivity (Wildman–Crippen MR) is 94.8 cm³/mol. The average Bonchev–Trinajstić information content (AvgIpc) is 3.12. The Morgan fingerprint density at radius 1 is 1.12 bits per heavy atom. The number of hydrogen-bond donors (Lipinski definition) is 0. The van der Waals surface area contributed by atoms with Gasteiger partial charge in [-0.3, -0.25) is 4.79 Å². The van der Waals surface area contributed by atoms with Crippen molar-refractivity contribution in [1.29, 1.82) is 0 Å². The molecule has 1 saturated heterocycles. The summed E-state index contributed by atoms with van der Waals surface area (Å²) in [4.78, 5) is 17.0. The molecule has 0 unspecified atom stereocenters. The summed E-state index contributed by atoms with van der Waals surface area (Å²) in [5.74, 6) is 0.162. The van der Waals surface area contributed by atoms with E-state index in [1.54, 1.807) is 7.11 Å². The monoisotopic (exact) mass is 334 g/mol. The predicted octanol–water partition coefficient (Wildman–Crippen LogP) is 2.16. The normalized spacial score (nSPS) is 14.9. The van der Waals surface area contributed by atoms with Gasteiger partial charge in [-0.05, 0) is 31.5 Å². The van der Waals surface area contributed by atoms with Crippen LogP contribution in [0, 0.1) is 0 Å². The molecule has 1 aromatic rings. The summed E-state index contributed by atoms with van der Waals surface area (Å²) >= 11 is 0. The summed E-state index contributed by atoms with van der Waals surface area (Å²) < 4.78 is 10.4. The van der Waals surface area contributed by atoms with Crippen LogP contribution in [0.25, 0.3) is 0 Å². The zero-order valence-corrected chi connectivity index (χ0v) is 14.8. The van der Waals surface area contributed by atoms with Crippen molar-refractivity contribution in [1.82, 2.24) is 9.80 Å². The molecule has 0 saturated carbocycles. The number of methoxy groups -OCH3 is 1. The molecule has 1 fully saturated rings. The lowest BCUT2D eigenvalue weighted by atomic mass is 10.2. The van der Waals surface area contributed by atoms with Crippen LogP contribution in [0.5, 0.6) is 0 Å². The van der Waals surface area contributed by atoms with Gasteiger partial charge >= 0.3 is 0 Å². The van der Waals surface area contributed by atoms with E-state index < -0.39 is 0 Å². The molecule has 1 aliphatic rings. The Bertz CT molecular complexity index is 461. The van der Waals surface area contributed by atoms with E-state index in [-0.39, 0.29) is 5.91 Å². The van der Waals surface area contributed by atoms with Gasteiger partial charge in [0.25, 0.3) is 0 Å². The van der Waals surface area contributed by atoms with Crippen LogP contribution in [0.15, 0.2) is 30.3 Å². The Morgan fingerprint density at radius 3 is 2.58 bits per heavy atom. The molecule has 2 rings (SSSR count). The third-order valence-corrected chi connectivity index (χ3v) is 4.35. The molecule has 0 aliphatic carbocycles. The number of nitrogens with zero attached hydrogens (tertiary/aromatic N) is 2. The van der Waals surface area contributed by atoms with Crippen LogP contribution >= 0.6 is 0 Å². The molecule has 24 heavy (non-hydrogen) atoms. The van der Waals surface area contributed by atoms with Crippen molar-refractivity contribution in [3.63, 3.8) is 0 Å². The largest absolute Gasteiger partial charge is 0.382 e. The fourth-order valence-corrected chi connectivity index (χ4v) is 2.93. The molecule has 5 nitrogen and oxygen atoms in total. The van der Waals surface area contributed by atoms with Crippen LogP contribution in [0.2, 0.25) is 0 Å². The van der Waals surface area contributed by atoms with Gasteiger partial charge in [0.05, 0.1) is 26.2 Å². The van der Waals surface area contributed by atoms with Gasteiger partial charge in [0.15, 0.2) is 0 Å². The first-order valence-corrected chi connectivity index (χ1v) is 8.90. The van der Waals surface area contributed by atoms with Crippen LogP contribution in [0.4, 0.5) is 0 Å². The second-order valence-electron chi connectivity index (χ2n) is 6.20. The van der Waals surface area contributed by atoms with E-state index in [2.05, 4.69) is 17.0 Å². The van der Waals surface area contributed by atoms with Gasteiger partial charge in [-0.2, -0.15) is 0 Å². The summed E-state index contributed by atoms with van der Waals surface area (Å²) in [5, 5.41) is 0. The quantitative estimate of drug-likeness (QED) is 0.582. The SMILES string of the molecule is COCCOCCC(=O)N(CCN1CCCC1)Cc1ccccc1. The van der Waals surface area contributed by atoms with Gasteiger partial charge in [-0.25, -0.2) is 0 Å². The molecule has 0 aromatic heterocycles. The molecular formula is C19H30N2O3. The zero-order chi connectivity index (χ0) is 17.0. The summed E-state index contributed by atoms with van der Waals surface area (Å²) in [6.45, 7) is 6.30. The highest BCUT2D eigenvalue weighted by atomic mass is 16.5. The van der Waals surface area contributed by atoms with Crippen LogP contribution in [0.1, 0.15) is 24.8 Å². The van der Waals surface area contributed by atoms with E-state index in [9.17, 15) is 4.79 Å². The first kappa shape index (κ1) is 18.9. The Kier molecular flexibility index (Phi) is 8.81. The van der Waals surface area contributed by atoms with E-state index in [0.29, 0.717) is 32.8 Å². The van der Waals surface area contributed by atoms with Crippen molar-refractivity contribution in [3.05, 3.63) is 35.9 Å². The number of ether oxygens (including phenoxy) is 2. The van der Waals surface area contributed by atoms with Crippen molar-refractivity contribution in [2.75, 3.05) is 53.1 Å².